The molecule has 1 amide bonds. The number of unbranched alkanes of at least 4 members (excludes halogenated alkanes) is 1. The second kappa shape index (κ2) is 11.5. The molecule has 29 heavy (non-hydrogen) atoms. The van der Waals surface area contributed by atoms with Gasteiger partial charge in [0.15, 0.2) is 0 Å². The van der Waals surface area contributed by atoms with E-state index in [1.165, 1.54) is 12.2 Å². The molecule has 0 bridgehead atoms. The molecule has 0 saturated heterocycles. The third-order valence-corrected chi connectivity index (χ3v) is 4.12. The molecule has 0 fully saturated rings. The van der Waals surface area contributed by atoms with Crippen LogP contribution in [0.5, 0.6) is 5.75 Å². The Balaban J connectivity index is 1.96. The smallest absolute Gasteiger partial charge is 0.336 e. The fourth-order valence-electron chi connectivity index (χ4n) is 2.31. The van der Waals surface area contributed by atoms with Crippen LogP contribution >= 0.6 is 11.6 Å². The van der Waals surface area contributed by atoms with Gasteiger partial charge in [-0.15, -0.1) is 0 Å². The Kier molecular flexibility index (Phi) is 8.68. The molecule has 148 valence electrons. The molecule has 0 spiro atoms. The summed E-state index contributed by atoms with van der Waals surface area (Å²) >= 11 is 5.82. The van der Waals surface area contributed by atoms with E-state index in [0.717, 1.165) is 18.4 Å². The van der Waals surface area contributed by atoms with Crippen LogP contribution in [-0.4, -0.2) is 18.4 Å². The fourth-order valence-corrected chi connectivity index (χ4v) is 2.44. The van der Waals surface area contributed by atoms with E-state index in [1.807, 2.05) is 13.0 Å². The Labute approximate surface area is 175 Å². The van der Waals surface area contributed by atoms with Gasteiger partial charge in [0, 0.05) is 17.6 Å². The van der Waals surface area contributed by atoms with Gasteiger partial charge in [-0.1, -0.05) is 49.2 Å². The van der Waals surface area contributed by atoms with Gasteiger partial charge in [-0.25, -0.2) is 4.79 Å². The number of hydrogen-bond acceptors (Lipinski definition) is 4. The zero-order valence-corrected chi connectivity index (χ0v) is 16.8. The van der Waals surface area contributed by atoms with E-state index in [4.69, 9.17) is 16.3 Å². The molecular formula is C23H21ClN2O3. The number of nitriles is 1. The van der Waals surface area contributed by atoms with Crippen LogP contribution in [-0.2, 0) is 9.59 Å². The average Bonchev–Trinajstić information content (AvgIpc) is 2.73. The van der Waals surface area contributed by atoms with Crippen molar-refractivity contribution in [3.8, 4) is 11.8 Å². The number of nitrogens with zero attached hydrogens (tertiary/aromatic N) is 1. The van der Waals surface area contributed by atoms with Crippen molar-refractivity contribution in [1.82, 2.24) is 5.32 Å². The van der Waals surface area contributed by atoms with Crippen LogP contribution < -0.4 is 10.1 Å². The summed E-state index contributed by atoms with van der Waals surface area (Å²) in [4.78, 5) is 23.9. The molecule has 0 aliphatic heterocycles. The zero-order valence-electron chi connectivity index (χ0n) is 16.0. The lowest BCUT2D eigenvalue weighted by atomic mass is 10.1. The highest BCUT2D eigenvalue weighted by Gasteiger charge is 2.08. The van der Waals surface area contributed by atoms with Gasteiger partial charge in [0.05, 0.1) is 0 Å². The summed E-state index contributed by atoms with van der Waals surface area (Å²) in [5.74, 6) is -0.557. The fraction of sp³-hybridized carbons (Fsp3) is 0.174. The van der Waals surface area contributed by atoms with Crippen molar-refractivity contribution in [3.05, 3.63) is 76.3 Å². The van der Waals surface area contributed by atoms with Gasteiger partial charge in [0.25, 0.3) is 5.91 Å². The summed E-state index contributed by atoms with van der Waals surface area (Å²) in [5, 5.41) is 12.5. The highest BCUT2D eigenvalue weighted by atomic mass is 35.5. The van der Waals surface area contributed by atoms with E-state index in [1.54, 1.807) is 54.6 Å². The van der Waals surface area contributed by atoms with Gasteiger partial charge in [-0.3, -0.25) is 4.79 Å². The number of amides is 1. The molecule has 2 rings (SSSR count). The van der Waals surface area contributed by atoms with E-state index >= 15 is 0 Å². The third kappa shape index (κ3) is 7.65. The quantitative estimate of drug-likeness (QED) is 0.224. The SMILES string of the molecule is CCCCNC(=O)/C(C#N)=C/c1ccc(OC(=O)/C=C/c2ccc(Cl)cc2)cc1. The van der Waals surface area contributed by atoms with Crippen molar-refractivity contribution < 1.29 is 14.3 Å². The molecule has 5 nitrogen and oxygen atoms in total. The summed E-state index contributed by atoms with van der Waals surface area (Å²) in [7, 11) is 0. The van der Waals surface area contributed by atoms with Crippen LogP contribution in [0.4, 0.5) is 0 Å². The predicted octanol–water partition coefficient (Wildman–Crippen LogP) is 4.78. The Morgan fingerprint density at radius 2 is 1.76 bits per heavy atom. The summed E-state index contributed by atoms with van der Waals surface area (Å²) in [5.41, 5.74) is 1.51. The minimum absolute atomic E-state index is 0.0248. The first kappa shape index (κ1) is 21.9. The van der Waals surface area contributed by atoms with Gasteiger partial charge in [0.2, 0.25) is 0 Å². The minimum atomic E-state index is -0.517. The Hall–Kier alpha value is -3.36. The minimum Gasteiger partial charge on any atom is -0.423 e. The van der Waals surface area contributed by atoms with Crippen LogP contribution in [0.25, 0.3) is 12.2 Å². The summed E-state index contributed by atoms with van der Waals surface area (Å²) in [6.45, 7) is 2.56. The molecule has 1 N–H and O–H groups in total. The van der Waals surface area contributed by atoms with Gasteiger partial charge in [-0.2, -0.15) is 5.26 Å². The van der Waals surface area contributed by atoms with E-state index < -0.39 is 11.9 Å². The summed E-state index contributed by atoms with van der Waals surface area (Å²) < 4.78 is 5.24. The predicted molar refractivity (Wildman–Crippen MR) is 114 cm³/mol. The molecule has 0 atom stereocenters. The highest BCUT2D eigenvalue weighted by molar-refractivity contribution is 6.30. The Morgan fingerprint density at radius 1 is 1.10 bits per heavy atom. The largest absolute Gasteiger partial charge is 0.423 e. The first-order valence-electron chi connectivity index (χ1n) is 9.17. The first-order chi connectivity index (χ1) is 14.0. The van der Waals surface area contributed by atoms with Crippen molar-refractivity contribution in [1.29, 1.82) is 5.26 Å². The molecule has 6 heteroatoms. The number of rotatable bonds is 8. The Morgan fingerprint density at radius 3 is 2.38 bits per heavy atom. The molecule has 0 heterocycles. The Bertz CT molecular complexity index is 940. The number of nitrogens with one attached hydrogen (secondary N) is 1. The van der Waals surface area contributed by atoms with E-state index in [2.05, 4.69) is 5.32 Å². The standard InChI is InChI=1S/C23H21ClN2O3/c1-2-3-14-26-23(28)19(16-25)15-18-6-11-21(12-7-18)29-22(27)13-8-17-4-9-20(24)10-5-17/h4-13,15H,2-3,14H2,1H3,(H,26,28)/b13-8+,19-15+. The van der Waals surface area contributed by atoms with Crippen LogP contribution in [0.3, 0.4) is 0 Å². The van der Waals surface area contributed by atoms with Crippen LogP contribution in [0.1, 0.15) is 30.9 Å². The van der Waals surface area contributed by atoms with E-state index in [0.29, 0.717) is 22.9 Å². The van der Waals surface area contributed by atoms with Crippen molar-refractivity contribution >= 4 is 35.6 Å². The van der Waals surface area contributed by atoms with Crippen molar-refractivity contribution in [2.45, 2.75) is 19.8 Å². The van der Waals surface area contributed by atoms with Gasteiger partial charge in [0.1, 0.15) is 17.4 Å². The molecule has 2 aromatic carbocycles. The molecule has 0 radical (unpaired) electrons. The first-order valence-corrected chi connectivity index (χ1v) is 9.55. The number of carbonyl (C=O) groups is 2. The maximum atomic E-state index is 12.0. The maximum absolute atomic E-state index is 12.0. The van der Waals surface area contributed by atoms with E-state index in [-0.39, 0.29) is 5.57 Å². The lowest BCUT2D eigenvalue weighted by Crippen LogP contribution is -2.25. The van der Waals surface area contributed by atoms with Crippen LogP contribution in [0.15, 0.2) is 60.2 Å². The number of hydrogen-bond donors (Lipinski definition) is 1. The summed E-state index contributed by atoms with van der Waals surface area (Å²) in [6, 6.07) is 15.5. The average molecular weight is 409 g/mol. The molecule has 0 saturated carbocycles. The second-order valence-corrected chi connectivity index (χ2v) is 6.59. The normalized spacial score (nSPS) is 11.1. The molecular weight excluding hydrogens is 388 g/mol. The third-order valence-electron chi connectivity index (χ3n) is 3.87. The molecule has 0 aliphatic carbocycles. The number of ether oxygens (including phenoxy) is 1. The van der Waals surface area contributed by atoms with Gasteiger partial charge >= 0.3 is 5.97 Å². The maximum Gasteiger partial charge on any atom is 0.336 e. The van der Waals surface area contributed by atoms with E-state index in [9.17, 15) is 14.9 Å². The molecule has 2 aromatic rings. The van der Waals surface area contributed by atoms with Crippen molar-refractivity contribution in [2.75, 3.05) is 6.54 Å². The number of esters is 1. The number of halogens is 1. The molecule has 0 aromatic heterocycles. The van der Waals surface area contributed by atoms with Crippen molar-refractivity contribution in [2.24, 2.45) is 0 Å². The molecule has 0 aliphatic rings. The van der Waals surface area contributed by atoms with Crippen LogP contribution in [0, 0.1) is 11.3 Å². The van der Waals surface area contributed by atoms with Crippen LogP contribution in [0.2, 0.25) is 5.02 Å². The van der Waals surface area contributed by atoms with Gasteiger partial charge < -0.3 is 10.1 Å². The lowest BCUT2D eigenvalue weighted by molar-refractivity contribution is -0.128. The summed E-state index contributed by atoms with van der Waals surface area (Å²) in [6.07, 6.45) is 6.27. The molecule has 0 unspecified atom stereocenters. The topological polar surface area (TPSA) is 79.2 Å². The zero-order chi connectivity index (χ0) is 21.1. The lowest BCUT2D eigenvalue weighted by Gasteiger charge is -2.04. The number of benzene rings is 2. The monoisotopic (exact) mass is 408 g/mol. The highest BCUT2D eigenvalue weighted by Crippen LogP contribution is 2.16. The number of carbonyl (C=O) groups excluding carboxylic acids is 2. The van der Waals surface area contributed by atoms with Gasteiger partial charge in [-0.05, 0) is 54.0 Å². The van der Waals surface area contributed by atoms with Crippen molar-refractivity contribution in [3.63, 3.8) is 0 Å². The second-order valence-electron chi connectivity index (χ2n) is 6.15.